The highest BCUT2D eigenvalue weighted by Crippen LogP contribution is 2.35. The Hall–Kier alpha value is -3.87. The van der Waals surface area contributed by atoms with Crippen molar-refractivity contribution in [2.75, 3.05) is 7.11 Å². The molecule has 0 atom stereocenters. The van der Waals surface area contributed by atoms with E-state index in [-0.39, 0.29) is 11.5 Å². The fourth-order valence-electron chi connectivity index (χ4n) is 2.73. The highest BCUT2D eigenvalue weighted by atomic mass is 16.5. The molecular formula is C20H16N4O3. The first-order valence-electron chi connectivity index (χ1n) is 8.21. The lowest BCUT2D eigenvalue weighted by molar-refractivity contribution is 0.408. The number of rotatable bonds is 4. The molecule has 0 saturated heterocycles. The van der Waals surface area contributed by atoms with E-state index in [9.17, 15) is 10.2 Å². The van der Waals surface area contributed by atoms with Gasteiger partial charge in [-0.05, 0) is 36.4 Å². The SMILES string of the molecule is COc1ccc(-c2nc(-c3ccccc3O)nn2-c2ccccn2)c(O)c1. The molecule has 0 aliphatic heterocycles. The zero-order chi connectivity index (χ0) is 18.8. The first-order valence-corrected chi connectivity index (χ1v) is 8.21. The molecule has 0 aliphatic carbocycles. The third kappa shape index (κ3) is 3.06. The van der Waals surface area contributed by atoms with Gasteiger partial charge < -0.3 is 14.9 Å². The Labute approximate surface area is 155 Å². The van der Waals surface area contributed by atoms with Gasteiger partial charge in [-0.1, -0.05) is 18.2 Å². The van der Waals surface area contributed by atoms with Crippen molar-refractivity contribution in [2.24, 2.45) is 0 Å². The average molecular weight is 360 g/mol. The minimum Gasteiger partial charge on any atom is -0.507 e. The second kappa shape index (κ2) is 6.80. The van der Waals surface area contributed by atoms with Gasteiger partial charge in [0.15, 0.2) is 17.5 Å². The summed E-state index contributed by atoms with van der Waals surface area (Å²) in [5.74, 6) is 1.86. The molecule has 0 saturated carbocycles. The molecule has 0 radical (unpaired) electrons. The van der Waals surface area contributed by atoms with E-state index in [0.29, 0.717) is 34.3 Å². The van der Waals surface area contributed by atoms with Crippen molar-refractivity contribution in [1.82, 2.24) is 19.7 Å². The largest absolute Gasteiger partial charge is 0.507 e. The lowest BCUT2D eigenvalue weighted by atomic mass is 10.1. The molecule has 4 rings (SSSR count). The van der Waals surface area contributed by atoms with E-state index in [1.54, 1.807) is 54.7 Å². The van der Waals surface area contributed by atoms with Crippen LogP contribution in [0, 0.1) is 0 Å². The van der Waals surface area contributed by atoms with Gasteiger partial charge in [-0.25, -0.2) is 9.97 Å². The van der Waals surface area contributed by atoms with Gasteiger partial charge in [-0.3, -0.25) is 0 Å². The Bertz CT molecular complexity index is 1090. The van der Waals surface area contributed by atoms with Crippen LogP contribution in [0.5, 0.6) is 17.2 Å². The highest BCUT2D eigenvalue weighted by molar-refractivity contribution is 5.71. The Kier molecular flexibility index (Phi) is 4.18. The van der Waals surface area contributed by atoms with Crippen LogP contribution in [0.2, 0.25) is 0 Å². The van der Waals surface area contributed by atoms with E-state index in [2.05, 4.69) is 15.1 Å². The van der Waals surface area contributed by atoms with Gasteiger partial charge in [-0.15, -0.1) is 5.10 Å². The summed E-state index contributed by atoms with van der Waals surface area (Å²) in [6.07, 6.45) is 1.65. The van der Waals surface area contributed by atoms with Crippen LogP contribution in [0.15, 0.2) is 66.9 Å². The lowest BCUT2D eigenvalue weighted by Gasteiger charge is -2.08. The summed E-state index contributed by atoms with van der Waals surface area (Å²) in [6, 6.07) is 17.2. The van der Waals surface area contributed by atoms with E-state index in [1.807, 2.05) is 6.07 Å². The molecule has 0 fully saturated rings. The molecule has 0 aliphatic rings. The number of hydrogen-bond donors (Lipinski definition) is 2. The zero-order valence-corrected chi connectivity index (χ0v) is 14.4. The summed E-state index contributed by atoms with van der Waals surface area (Å²) < 4.78 is 6.67. The smallest absolute Gasteiger partial charge is 0.185 e. The third-order valence-corrected chi connectivity index (χ3v) is 4.06. The molecular weight excluding hydrogens is 344 g/mol. The Morgan fingerprint density at radius 3 is 2.41 bits per heavy atom. The number of benzene rings is 2. The fraction of sp³-hybridized carbons (Fsp3) is 0.0500. The van der Waals surface area contributed by atoms with Crippen molar-refractivity contribution in [2.45, 2.75) is 0 Å². The molecule has 7 heteroatoms. The maximum atomic E-state index is 10.5. The topological polar surface area (TPSA) is 93.3 Å². The Morgan fingerprint density at radius 1 is 0.889 bits per heavy atom. The molecule has 0 spiro atoms. The molecule has 4 aromatic rings. The number of methoxy groups -OCH3 is 1. The van der Waals surface area contributed by atoms with Gasteiger partial charge in [0, 0.05) is 12.3 Å². The van der Waals surface area contributed by atoms with Gasteiger partial charge in [0.25, 0.3) is 0 Å². The predicted octanol–water partition coefficient (Wildman–Crippen LogP) is 3.42. The van der Waals surface area contributed by atoms with E-state index in [0.717, 1.165) is 0 Å². The van der Waals surface area contributed by atoms with Gasteiger partial charge in [0.2, 0.25) is 0 Å². The van der Waals surface area contributed by atoms with E-state index < -0.39 is 0 Å². The molecule has 2 N–H and O–H groups in total. The average Bonchev–Trinajstić information content (AvgIpc) is 3.13. The summed E-state index contributed by atoms with van der Waals surface area (Å²) in [6.45, 7) is 0. The van der Waals surface area contributed by atoms with Gasteiger partial charge >= 0.3 is 0 Å². The van der Waals surface area contributed by atoms with E-state index in [4.69, 9.17) is 4.74 Å². The second-order valence-electron chi connectivity index (χ2n) is 5.76. The number of phenolic OH excluding ortho intramolecular Hbond substituents is 2. The van der Waals surface area contributed by atoms with E-state index in [1.165, 1.54) is 17.9 Å². The maximum Gasteiger partial charge on any atom is 0.185 e. The number of para-hydroxylation sites is 1. The molecule has 2 aromatic heterocycles. The van der Waals surface area contributed by atoms with Crippen molar-refractivity contribution in [3.8, 4) is 45.8 Å². The van der Waals surface area contributed by atoms with Crippen molar-refractivity contribution in [3.63, 3.8) is 0 Å². The second-order valence-corrected chi connectivity index (χ2v) is 5.76. The summed E-state index contributed by atoms with van der Waals surface area (Å²) in [7, 11) is 1.53. The monoisotopic (exact) mass is 360 g/mol. The zero-order valence-electron chi connectivity index (χ0n) is 14.4. The summed E-state index contributed by atoms with van der Waals surface area (Å²) in [5.41, 5.74) is 0.956. The molecule has 2 aromatic carbocycles. The molecule has 7 nitrogen and oxygen atoms in total. The molecule has 2 heterocycles. The van der Waals surface area contributed by atoms with Crippen LogP contribution in [0.1, 0.15) is 0 Å². The fourth-order valence-corrected chi connectivity index (χ4v) is 2.73. The number of hydrogen-bond acceptors (Lipinski definition) is 6. The van der Waals surface area contributed by atoms with Crippen molar-refractivity contribution < 1.29 is 14.9 Å². The minimum absolute atomic E-state index is 0.00256. The molecule has 0 amide bonds. The van der Waals surface area contributed by atoms with Crippen molar-refractivity contribution in [3.05, 3.63) is 66.9 Å². The van der Waals surface area contributed by atoms with Crippen LogP contribution >= 0.6 is 0 Å². The van der Waals surface area contributed by atoms with Crippen LogP contribution in [-0.4, -0.2) is 37.1 Å². The maximum absolute atomic E-state index is 10.5. The lowest BCUT2D eigenvalue weighted by Crippen LogP contribution is -2.02. The van der Waals surface area contributed by atoms with Crippen LogP contribution < -0.4 is 4.74 Å². The number of nitrogens with zero attached hydrogens (tertiary/aromatic N) is 4. The number of phenols is 2. The van der Waals surface area contributed by atoms with Gasteiger partial charge in [0.05, 0.1) is 18.2 Å². The Balaban J connectivity index is 1.94. The van der Waals surface area contributed by atoms with Crippen LogP contribution in [0.25, 0.3) is 28.6 Å². The molecule has 27 heavy (non-hydrogen) atoms. The predicted molar refractivity (Wildman–Crippen MR) is 99.9 cm³/mol. The van der Waals surface area contributed by atoms with Gasteiger partial charge in [-0.2, -0.15) is 4.68 Å². The van der Waals surface area contributed by atoms with Crippen LogP contribution in [0.3, 0.4) is 0 Å². The summed E-state index contributed by atoms with van der Waals surface area (Å²) >= 11 is 0. The number of pyridine rings is 1. The van der Waals surface area contributed by atoms with Crippen molar-refractivity contribution >= 4 is 0 Å². The summed E-state index contributed by atoms with van der Waals surface area (Å²) in [5, 5.41) is 25.1. The third-order valence-electron chi connectivity index (χ3n) is 4.06. The molecule has 0 bridgehead atoms. The molecule has 134 valence electrons. The number of ether oxygens (including phenoxy) is 1. The number of aromatic hydroxyl groups is 2. The highest BCUT2D eigenvalue weighted by Gasteiger charge is 2.20. The van der Waals surface area contributed by atoms with Crippen molar-refractivity contribution in [1.29, 1.82) is 0 Å². The van der Waals surface area contributed by atoms with Crippen LogP contribution in [0.4, 0.5) is 0 Å². The van der Waals surface area contributed by atoms with Gasteiger partial charge in [0.1, 0.15) is 17.2 Å². The summed E-state index contributed by atoms with van der Waals surface area (Å²) in [4.78, 5) is 8.87. The quantitative estimate of drug-likeness (QED) is 0.579. The standard InChI is InChI=1S/C20H16N4O3/c1-27-13-9-10-15(17(26)12-13)20-22-19(14-6-2-3-7-16(14)25)23-24(20)18-8-4-5-11-21-18/h2-12,25-26H,1H3. The van der Waals surface area contributed by atoms with E-state index >= 15 is 0 Å². The number of aromatic nitrogens is 4. The first kappa shape index (κ1) is 16.6. The molecule has 0 unspecified atom stereocenters. The Morgan fingerprint density at radius 2 is 1.70 bits per heavy atom. The van der Waals surface area contributed by atoms with Crippen LogP contribution in [-0.2, 0) is 0 Å². The normalized spacial score (nSPS) is 10.7. The minimum atomic E-state index is 0.00256. The first-order chi connectivity index (χ1) is 13.2.